The van der Waals surface area contributed by atoms with Gasteiger partial charge in [0.25, 0.3) is 0 Å². The second-order valence-electron chi connectivity index (χ2n) is 4.71. The van der Waals surface area contributed by atoms with Crippen molar-refractivity contribution in [3.63, 3.8) is 0 Å². The number of hydrogen-bond acceptors (Lipinski definition) is 3. The van der Waals surface area contributed by atoms with E-state index in [1.165, 1.54) is 24.8 Å². The molecule has 0 unspecified atom stereocenters. The summed E-state index contributed by atoms with van der Waals surface area (Å²) in [6, 6.07) is 4.09. The minimum absolute atomic E-state index is 0.191. The SMILES string of the molecule is Cc1ncccc1CNC1(CCO)CCC1. The van der Waals surface area contributed by atoms with Gasteiger partial charge in [0.2, 0.25) is 0 Å². The summed E-state index contributed by atoms with van der Waals surface area (Å²) in [5.74, 6) is 0. The fourth-order valence-electron chi connectivity index (χ4n) is 2.32. The van der Waals surface area contributed by atoms with Crippen molar-refractivity contribution in [2.75, 3.05) is 6.61 Å². The van der Waals surface area contributed by atoms with Crippen LogP contribution in [-0.2, 0) is 6.54 Å². The highest BCUT2D eigenvalue weighted by Gasteiger charge is 2.35. The molecule has 1 heterocycles. The Hall–Kier alpha value is -0.930. The van der Waals surface area contributed by atoms with E-state index in [0.29, 0.717) is 0 Å². The summed E-state index contributed by atoms with van der Waals surface area (Å²) in [6.45, 7) is 3.18. The molecule has 0 radical (unpaired) electrons. The molecular formula is C13H20N2O. The quantitative estimate of drug-likeness (QED) is 0.795. The molecule has 0 spiro atoms. The zero-order valence-corrected chi connectivity index (χ0v) is 9.87. The maximum atomic E-state index is 9.07. The van der Waals surface area contributed by atoms with Gasteiger partial charge in [-0.1, -0.05) is 6.07 Å². The Kier molecular flexibility index (Phi) is 3.56. The standard InChI is InChI=1S/C13H20N2O/c1-11-12(4-2-8-14-11)10-15-13(7-9-16)5-3-6-13/h2,4,8,15-16H,3,5-7,9-10H2,1H3. The first-order valence-corrected chi connectivity index (χ1v) is 6.02. The Balaban J connectivity index is 1.93. The monoisotopic (exact) mass is 220 g/mol. The molecule has 1 aromatic heterocycles. The third kappa shape index (κ3) is 2.42. The van der Waals surface area contributed by atoms with E-state index in [0.717, 1.165) is 18.7 Å². The molecule has 1 aliphatic rings. The molecule has 1 aliphatic carbocycles. The van der Waals surface area contributed by atoms with Gasteiger partial charge in [0.1, 0.15) is 0 Å². The number of aliphatic hydroxyl groups is 1. The maximum Gasteiger partial charge on any atom is 0.0448 e. The number of nitrogens with zero attached hydrogens (tertiary/aromatic N) is 1. The first kappa shape index (κ1) is 11.6. The van der Waals surface area contributed by atoms with Gasteiger partial charge in [-0.25, -0.2) is 0 Å². The second-order valence-corrected chi connectivity index (χ2v) is 4.71. The molecule has 88 valence electrons. The Morgan fingerprint density at radius 1 is 1.50 bits per heavy atom. The Morgan fingerprint density at radius 2 is 2.31 bits per heavy atom. The predicted octanol–water partition coefficient (Wildman–Crippen LogP) is 1.78. The minimum Gasteiger partial charge on any atom is -0.396 e. The molecule has 1 fully saturated rings. The van der Waals surface area contributed by atoms with Gasteiger partial charge in [-0.15, -0.1) is 0 Å². The van der Waals surface area contributed by atoms with Crippen LogP contribution < -0.4 is 5.32 Å². The van der Waals surface area contributed by atoms with Crippen LogP contribution in [0.5, 0.6) is 0 Å². The van der Waals surface area contributed by atoms with E-state index < -0.39 is 0 Å². The summed E-state index contributed by atoms with van der Waals surface area (Å²) in [4.78, 5) is 4.28. The van der Waals surface area contributed by atoms with Crippen LogP contribution in [0.15, 0.2) is 18.3 Å². The van der Waals surface area contributed by atoms with Gasteiger partial charge in [0.15, 0.2) is 0 Å². The van der Waals surface area contributed by atoms with Gasteiger partial charge < -0.3 is 10.4 Å². The number of aromatic nitrogens is 1. The molecule has 0 atom stereocenters. The second kappa shape index (κ2) is 4.93. The number of aliphatic hydroxyl groups excluding tert-OH is 1. The lowest BCUT2D eigenvalue weighted by molar-refractivity contribution is 0.130. The normalized spacial score (nSPS) is 18.1. The third-order valence-corrected chi connectivity index (χ3v) is 3.67. The van der Waals surface area contributed by atoms with Crippen molar-refractivity contribution in [2.45, 2.75) is 44.7 Å². The lowest BCUT2D eigenvalue weighted by Gasteiger charge is -2.42. The smallest absolute Gasteiger partial charge is 0.0448 e. The zero-order valence-electron chi connectivity index (χ0n) is 9.87. The summed E-state index contributed by atoms with van der Waals surface area (Å²) < 4.78 is 0. The van der Waals surface area contributed by atoms with Gasteiger partial charge in [-0.05, 0) is 44.2 Å². The Labute approximate surface area is 96.9 Å². The van der Waals surface area contributed by atoms with Gasteiger partial charge in [0, 0.05) is 30.6 Å². The molecule has 0 aromatic carbocycles. The highest BCUT2D eigenvalue weighted by atomic mass is 16.3. The summed E-state index contributed by atoms with van der Waals surface area (Å²) in [5, 5.41) is 12.7. The summed E-state index contributed by atoms with van der Waals surface area (Å²) in [6.07, 6.45) is 6.34. The van der Waals surface area contributed by atoms with Crippen molar-refractivity contribution in [1.29, 1.82) is 0 Å². The van der Waals surface area contributed by atoms with E-state index in [2.05, 4.69) is 16.4 Å². The molecule has 0 saturated heterocycles. The maximum absolute atomic E-state index is 9.07. The Morgan fingerprint density at radius 3 is 2.88 bits per heavy atom. The molecular weight excluding hydrogens is 200 g/mol. The number of pyridine rings is 1. The van der Waals surface area contributed by atoms with Crippen molar-refractivity contribution in [2.24, 2.45) is 0 Å². The highest BCUT2D eigenvalue weighted by Crippen LogP contribution is 2.34. The molecule has 3 heteroatoms. The number of aryl methyl sites for hydroxylation is 1. The van der Waals surface area contributed by atoms with Crippen molar-refractivity contribution in [3.8, 4) is 0 Å². The van der Waals surface area contributed by atoms with Crippen LogP contribution in [0.3, 0.4) is 0 Å². The summed E-state index contributed by atoms with van der Waals surface area (Å²) in [7, 11) is 0. The van der Waals surface area contributed by atoms with Crippen molar-refractivity contribution < 1.29 is 5.11 Å². The fourth-order valence-corrected chi connectivity index (χ4v) is 2.32. The summed E-state index contributed by atoms with van der Waals surface area (Å²) >= 11 is 0. The number of hydrogen-bond donors (Lipinski definition) is 2. The molecule has 2 N–H and O–H groups in total. The molecule has 0 bridgehead atoms. The van der Waals surface area contributed by atoms with Crippen LogP contribution in [0.4, 0.5) is 0 Å². The van der Waals surface area contributed by atoms with Gasteiger partial charge in [0.05, 0.1) is 0 Å². The van der Waals surface area contributed by atoms with Crippen LogP contribution in [0, 0.1) is 6.92 Å². The van der Waals surface area contributed by atoms with E-state index >= 15 is 0 Å². The van der Waals surface area contributed by atoms with Crippen LogP contribution in [0.2, 0.25) is 0 Å². The lowest BCUT2D eigenvalue weighted by Crippen LogP contribution is -2.51. The number of rotatable bonds is 5. The van der Waals surface area contributed by atoms with Crippen LogP contribution in [0.25, 0.3) is 0 Å². The van der Waals surface area contributed by atoms with Crippen LogP contribution in [-0.4, -0.2) is 22.2 Å². The van der Waals surface area contributed by atoms with E-state index in [4.69, 9.17) is 5.11 Å². The average Bonchev–Trinajstić information content (AvgIpc) is 2.24. The number of nitrogens with one attached hydrogen (secondary N) is 1. The molecule has 2 rings (SSSR count). The van der Waals surface area contributed by atoms with Gasteiger partial charge >= 0.3 is 0 Å². The highest BCUT2D eigenvalue weighted by molar-refractivity contribution is 5.18. The van der Waals surface area contributed by atoms with Gasteiger partial charge in [-0.2, -0.15) is 0 Å². The molecule has 16 heavy (non-hydrogen) atoms. The molecule has 1 aromatic rings. The molecule has 3 nitrogen and oxygen atoms in total. The first-order valence-electron chi connectivity index (χ1n) is 6.02. The topological polar surface area (TPSA) is 45.2 Å². The average molecular weight is 220 g/mol. The molecule has 1 saturated carbocycles. The van der Waals surface area contributed by atoms with Crippen LogP contribution in [0.1, 0.15) is 36.9 Å². The summed E-state index contributed by atoms with van der Waals surface area (Å²) in [5.41, 5.74) is 2.54. The van der Waals surface area contributed by atoms with Crippen molar-refractivity contribution >= 4 is 0 Å². The molecule has 0 aliphatic heterocycles. The zero-order chi connectivity index (χ0) is 11.4. The predicted molar refractivity (Wildman–Crippen MR) is 64.1 cm³/mol. The first-order chi connectivity index (χ1) is 7.76. The minimum atomic E-state index is 0.191. The Bertz CT molecular complexity index is 348. The molecule has 0 amide bonds. The lowest BCUT2D eigenvalue weighted by atomic mass is 9.74. The largest absolute Gasteiger partial charge is 0.396 e. The van der Waals surface area contributed by atoms with Gasteiger partial charge in [-0.3, -0.25) is 4.98 Å². The third-order valence-electron chi connectivity index (χ3n) is 3.67. The van der Waals surface area contributed by atoms with E-state index in [1.807, 2.05) is 19.2 Å². The van der Waals surface area contributed by atoms with E-state index in [9.17, 15) is 0 Å². The van der Waals surface area contributed by atoms with E-state index in [1.54, 1.807) is 0 Å². The van der Waals surface area contributed by atoms with E-state index in [-0.39, 0.29) is 12.1 Å². The van der Waals surface area contributed by atoms with Crippen molar-refractivity contribution in [3.05, 3.63) is 29.6 Å². The van der Waals surface area contributed by atoms with Crippen molar-refractivity contribution in [1.82, 2.24) is 10.3 Å². The van der Waals surface area contributed by atoms with Crippen LogP contribution >= 0.6 is 0 Å². The fraction of sp³-hybridized carbons (Fsp3) is 0.615.